The van der Waals surface area contributed by atoms with Gasteiger partial charge in [0.1, 0.15) is 6.61 Å². The normalized spacial score (nSPS) is 13.1. The fourth-order valence-electron chi connectivity index (χ4n) is 6.95. The first-order chi connectivity index (χ1) is 27.1. The average molecular weight is 793 g/mol. The molecule has 0 aliphatic heterocycles. The van der Waals surface area contributed by atoms with Gasteiger partial charge in [-0.2, -0.15) is 0 Å². The van der Waals surface area contributed by atoms with Crippen molar-refractivity contribution in [2.24, 2.45) is 0 Å². The van der Waals surface area contributed by atoms with Crippen LogP contribution in [0.25, 0.3) is 0 Å². The van der Waals surface area contributed by atoms with E-state index in [1.54, 1.807) is 0 Å². The second-order valence-electron chi connectivity index (χ2n) is 17.0. The van der Waals surface area contributed by atoms with Crippen molar-refractivity contribution in [3.05, 3.63) is 24.3 Å². The molecule has 8 nitrogen and oxygen atoms in total. The van der Waals surface area contributed by atoms with Crippen molar-refractivity contribution < 1.29 is 38.2 Å². The molecule has 2 unspecified atom stereocenters. The highest BCUT2D eigenvalue weighted by atomic mass is 16.6. The van der Waals surface area contributed by atoms with E-state index in [1.165, 1.54) is 128 Å². The van der Waals surface area contributed by atoms with Gasteiger partial charge in [0.05, 0.1) is 34.4 Å². The molecule has 0 aromatic carbocycles. The maximum Gasteiger partial charge on any atom is 0.362 e. The quantitative estimate of drug-likeness (QED) is 0.0284. The molecule has 328 valence electrons. The van der Waals surface area contributed by atoms with Gasteiger partial charge in [0.25, 0.3) is 0 Å². The van der Waals surface area contributed by atoms with Crippen LogP contribution >= 0.6 is 0 Å². The van der Waals surface area contributed by atoms with Gasteiger partial charge in [-0.05, 0) is 32.1 Å². The van der Waals surface area contributed by atoms with Crippen molar-refractivity contribution >= 4 is 17.9 Å². The summed E-state index contributed by atoms with van der Waals surface area (Å²) < 4.78 is 17.3. The van der Waals surface area contributed by atoms with E-state index < -0.39 is 18.1 Å². The molecule has 0 saturated carbocycles. The SMILES string of the molecule is CCCC/C=C/C=C/CCCCCC(=O)OC(COCCC(C(=O)O)[N+](C)(C)C)COC(=O)CCCCCCCCCCCCCCCCCCCCCCC. The van der Waals surface area contributed by atoms with Gasteiger partial charge in [-0.15, -0.1) is 0 Å². The smallest absolute Gasteiger partial charge is 0.362 e. The van der Waals surface area contributed by atoms with Crippen LogP contribution in [0.4, 0.5) is 0 Å². The fraction of sp³-hybridized carbons (Fsp3) is 0.854. The molecule has 0 aliphatic rings. The Labute approximate surface area is 345 Å². The highest BCUT2D eigenvalue weighted by Crippen LogP contribution is 2.16. The zero-order valence-corrected chi connectivity index (χ0v) is 37.3. The van der Waals surface area contributed by atoms with Crippen molar-refractivity contribution in [1.29, 1.82) is 0 Å². The number of carboxylic acid groups (broad SMARTS) is 1. The molecular formula is C48H90NO7+. The first-order valence-electron chi connectivity index (χ1n) is 23.4. The van der Waals surface area contributed by atoms with Crippen molar-refractivity contribution in [3.63, 3.8) is 0 Å². The molecule has 0 aromatic rings. The van der Waals surface area contributed by atoms with Crippen LogP contribution in [0, 0.1) is 0 Å². The van der Waals surface area contributed by atoms with Crippen LogP contribution in [0.3, 0.4) is 0 Å². The zero-order valence-electron chi connectivity index (χ0n) is 37.3. The van der Waals surface area contributed by atoms with Gasteiger partial charge < -0.3 is 23.8 Å². The van der Waals surface area contributed by atoms with Crippen molar-refractivity contribution in [3.8, 4) is 0 Å². The molecule has 0 aromatic heterocycles. The van der Waals surface area contributed by atoms with E-state index in [9.17, 15) is 19.5 Å². The van der Waals surface area contributed by atoms with E-state index in [-0.39, 0.29) is 36.2 Å². The number of carbonyl (C=O) groups excluding carboxylic acids is 2. The Balaban J connectivity index is 4.19. The van der Waals surface area contributed by atoms with E-state index in [1.807, 2.05) is 21.1 Å². The predicted octanol–water partition coefficient (Wildman–Crippen LogP) is 12.9. The van der Waals surface area contributed by atoms with Crippen molar-refractivity contribution in [2.45, 2.75) is 225 Å². The van der Waals surface area contributed by atoms with Crippen LogP contribution < -0.4 is 0 Å². The van der Waals surface area contributed by atoms with E-state index in [0.29, 0.717) is 19.3 Å². The largest absolute Gasteiger partial charge is 0.477 e. The number of nitrogens with zero attached hydrogens (tertiary/aromatic N) is 1. The second-order valence-corrected chi connectivity index (χ2v) is 17.0. The lowest BCUT2D eigenvalue weighted by Crippen LogP contribution is -2.50. The van der Waals surface area contributed by atoms with Gasteiger partial charge in [0.15, 0.2) is 12.1 Å². The summed E-state index contributed by atoms with van der Waals surface area (Å²) in [6, 6.07) is -0.616. The van der Waals surface area contributed by atoms with Crippen LogP contribution in [0.1, 0.15) is 213 Å². The number of aliphatic carboxylic acids is 1. The van der Waals surface area contributed by atoms with Gasteiger partial charge in [-0.1, -0.05) is 186 Å². The standard InChI is InChI=1S/C48H89NO7/c1-6-8-10-12-14-16-18-19-20-21-22-23-24-25-26-27-29-30-32-34-36-38-46(50)55-43-44(42-54-41-40-45(48(52)53)49(3,4)5)56-47(51)39-37-35-33-31-28-17-15-13-11-9-7-2/h13,15,17,28,44-45H,6-12,14,16,18-27,29-43H2,1-5H3/p+1/b15-13+,28-17+. The van der Waals surface area contributed by atoms with Crippen molar-refractivity contribution in [2.75, 3.05) is 41.0 Å². The third-order valence-electron chi connectivity index (χ3n) is 10.6. The molecule has 0 radical (unpaired) electrons. The molecule has 0 bridgehead atoms. The summed E-state index contributed by atoms with van der Waals surface area (Å²) in [4.78, 5) is 36.9. The van der Waals surface area contributed by atoms with Gasteiger partial charge in [0.2, 0.25) is 0 Å². The highest BCUT2D eigenvalue weighted by Gasteiger charge is 2.31. The predicted molar refractivity (Wildman–Crippen MR) is 234 cm³/mol. The maximum absolute atomic E-state index is 12.7. The number of unbranched alkanes of at least 4 members (excludes halogenated alkanes) is 25. The number of likely N-dealkylation sites (N-methyl/N-ethyl adjacent to an activating group) is 1. The van der Waals surface area contributed by atoms with Gasteiger partial charge >= 0.3 is 17.9 Å². The van der Waals surface area contributed by atoms with E-state index in [2.05, 4.69) is 38.2 Å². The van der Waals surface area contributed by atoms with Crippen LogP contribution in [0.2, 0.25) is 0 Å². The molecule has 0 fully saturated rings. The molecule has 0 amide bonds. The molecule has 0 saturated heterocycles. The number of carboxylic acids is 1. The van der Waals surface area contributed by atoms with Gasteiger partial charge in [-0.3, -0.25) is 9.59 Å². The lowest BCUT2D eigenvalue weighted by molar-refractivity contribution is -0.887. The molecule has 2 atom stereocenters. The number of rotatable bonds is 42. The number of hydrogen-bond acceptors (Lipinski definition) is 6. The summed E-state index contributed by atoms with van der Waals surface area (Å²) >= 11 is 0. The fourth-order valence-corrected chi connectivity index (χ4v) is 6.95. The summed E-state index contributed by atoms with van der Waals surface area (Å²) in [7, 11) is 5.52. The number of allylic oxidation sites excluding steroid dienone is 4. The van der Waals surface area contributed by atoms with E-state index in [4.69, 9.17) is 14.2 Å². The highest BCUT2D eigenvalue weighted by molar-refractivity contribution is 5.72. The minimum atomic E-state index is -0.878. The number of ether oxygens (including phenoxy) is 3. The number of carbonyl (C=O) groups is 3. The van der Waals surface area contributed by atoms with Gasteiger partial charge in [0, 0.05) is 19.3 Å². The van der Waals surface area contributed by atoms with Gasteiger partial charge in [-0.25, -0.2) is 4.79 Å². The molecule has 56 heavy (non-hydrogen) atoms. The first-order valence-corrected chi connectivity index (χ1v) is 23.4. The van der Waals surface area contributed by atoms with E-state index in [0.717, 1.165) is 51.4 Å². The summed E-state index contributed by atoms with van der Waals surface area (Å²) in [5.74, 6) is -1.49. The number of quaternary nitrogens is 1. The molecule has 0 heterocycles. The average Bonchev–Trinajstić information content (AvgIpc) is 3.15. The van der Waals surface area contributed by atoms with Crippen LogP contribution in [-0.4, -0.2) is 80.6 Å². The molecular weight excluding hydrogens is 703 g/mol. The Kier molecular flexibility index (Phi) is 38.1. The zero-order chi connectivity index (χ0) is 41.4. The molecule has 0 aliphatic carbocycles. The third kappa shape index (κ3) is 37.4. The van der Waals surface area contributed by atoms with Crippen LogP contribution in [0.5, 0.6) is 0 Å². The minimum Gasteiger partial charge on any atom is -0.477 e. The Morgan fingerprint density at radius 3 is 1.39 bits per heavy atom. The Bertz CT molecular complexity index is 973. The Morgan fingerprint density at radius 1 is 0.536 bits per heavy atom. The second kappa shape index (κ2) is 39.6. The third-order valence-corrected chi connectivity index (χ3v) is 10.6. The number of hydrogen-bond donors (Lipinski definition) is 1. The van der Waals surface area contributed by atoms with Crippen LogP contribution in [0.15, 0.2) is 24.3 Å². The van der Waals surface area contributed by atoms with E-state index >= 15 is 0 Å². The van der Waals surface area contributed by atoms with Crippen LogP contribution in [-0.2, 0) is 28.6 Å². The maximum atomic E-state index is 12.7. The summed E-state index contributed by atoms with van der Waals surface area (Å²) in [5.41, 5.74) is 0. The molecule has 1 N–H and O–H groups in total. The summed E-state index contributed by atoms with van der Waals surface area (Å²) in [6.45, 7) is 4.68. The molecule has 8 heteroatoms. The lowest BCUT2D eigenvalue weighted by Gasteiger charge is -2.31. The molecule has 0 rings (SSSR count). The Hall–Kier alpha value is -2.19. The topological polar surface area (TPSA) is 99.1 Å². The monoisotopic (exact) mass is 793 g/mol. The number of esters is 2. The first kappa shape index (κ1) is 53.8. The lowest BCUT2D eigenvalue weighted by atomic mass is 10.0. The molecule has 0 spiro atoms. The minimum absolute atomic E-state index is 0.0540. The summed E-state index contributed by atoms with van der Waals surface area (Å²) in [5, 5.41) is 9.61. The Morgan fingerprint density at radius 2 is 0.946 bits per heavy atom. The van der Waals surface area contributed by atoms with Crippen molar-refractivity contribution in [1.82, 2.24) is 0 Å². The summed E-state index contributed by atoms with van der Waals surface area (Å²) in [6.07, 6.45) is 43.8.